The molecule has 1 heterocycles. The summed E-state index contributed by atoms with van der Waals surface area (Å²) >= 11 is 0. The molecular weight excluding hydrogens is 280 g/mol. The fraction of sp³-hybridized carbons (Fsp3) is 0.353. The SMILES string of the molecule is Cc1ccc(NC(=O)NCC(C)(O)Cc2ccco2)cc1C. The lowest BCUT2D eigenvalue weighted by Gasteiger charge is -2.22. The topological polar surface area (TPSA) is 74.5 Å². The van der Waals surface area contributed by atoms with Gasteiger partial charge in [-0.15, -0.1) is 0 Å². The number of nitrogens with one attached hydrogen (secondary N) is 2. The maximum Gasteiger partial charge on any atom is 0.319 e. The molecule has 3 N–H and O–H groups in total. The standard InChI is InChI=1S/C17H22N2O3/c1-12-6-7-14(9-13(12)2)19-16(20)18-11-17(3,21)10-15-5-4-8-22-15/h4-9,21H,10-11H2,1-3H3,(H2,18,19,20). The van der Waals surface area contributed by atoms with Gasteiger partial charge in [-0.2, -0.15) is 0 Å². The lowest BCUT2D eigenvalue weighted by atomic mass is 10.0. The number of hydrogen-bond acceptors (Lipinski definition) is 3. The molecule has 0 aliphatic rings. The summed E-state index contributed by atoms with van der Waals surface area (Å²) in [6.45, 7) is 5.80. The predicted molar refractivity (Wildman–Crippen MR) is 86.0 cm³/mol. The van der Waals surface area contributed by atoms with Gasteiger partial charge in [0, 0.05) is 18.7 Å². The third kappa shape index (κ3) is 4.63. The normalized spacial score (nSPS) is 13.5. The van der Waals surface area contributed by atoms with Crippen molar-refractivity contribution in [1.82, 2.24) is 5.32 Å². The molecule has 0 spiro atoms. The summed E-state index contributed by atoms with van der Waals surface area (Å²) in [6, 6.07) is 8.94. The van der Waals surface area contributed by atoms with Crippen molar-refractivity contribution in [2.45, 2.75) is 32.8 Å². The highest BCUT2D eigenvalue weighted by molar-refractivity contribution is 5.89. The smallest absolute Gasteiger partial charge is 0.319 e. The first kappa shape index (κ1) is 16.1. The summed E-state index contributed by atoms with van der Waals surface area (Å²) < 4.78 is 5.21. The zero-order chi connectivity index (χ0) is 16.2. The molecular formula is C17H22N2O3. The molecule has 22 heavy (non-hydrogen) atoms. The van der Waals surface area contributed by atoms with Crippen LogP contribution in [0.2, 0.25) is 0 Å². The van der Waals surface area contributed by atoms with Gasteiger partial charge in [0.2, 0.25) is 0 Å². The summed E-state index contributed by atoms with van der Waals surface area (Å²) in [7, 11) is 0. The van der Waals surface area contributed by atoms with E-state index in [1.54, 1.807) is 25.3 Å². The number of carbonyl (C=O) groups is 1. The maximum atomic E-state index is 11.9. The number of aryl methyl sites for hydroxylation is 2. The van der Waals surface area contributed by atoms with Crippen LogP contribution in [0.5, 0.6) is 0 Å². The van der Waals surface area contributed by atoms with E-state index in [2.05, 4.69) is 10.6 Å². The summed E-state index contributed by atoms with van der Waals surface area (Å²) in [5, 5.41) is 15.7. The monoisotopic (exact) mass is 302 g/mol. The van der Waals surface area contributed by atoms with E-state index in [9.17, 15) is 9.90 Å². The Morgan fingerprint density at radius 2 is 2.05 bits per heavy atom. The van der Waals surface area contributed by atoms with Gasteiger partial charge in [0.15, 0.2) is 0 Å². The number of furan rings is 1. The number of hydrogen-bond donors (Lipinski definition) is 3. The highest BCUT2D eigenvalue weighted by Crippen LogP contribution is 2.15. The molecule has 0 fully saturated rings. The van der Waals surface area contributed by atoms with Crippen LogP contribution in [0.25, 0.3) is 0 Å². The number of anilines is 1. The van der Waals surface area contributed by atoms with Gasteiger partial charge < -0.3 is 20.2 Å². The Bertz CT molecular complexity index is 633. The maximum absolute atomic E-state index is 11.9. The molecule has 0 aliphatic carbocycles. The van der Waals surface area contributed by atoms with E-state index in [0.29, 0.717) is 12.2 Å². The van der Waals surface area contributed by atoms with Gasteiger partial charge in [-0.25, -0.2) is 4.79 Å². The first-order chi connectivity index (χ1) is 10.4. The Balaban J connectivity index is 1.85. The predicted octanol–water partition coefficient (Wildman–Crippen LogP) is 3.01. The van der Waals surface area contributed by atoms with Crippen LogP contribution in [0, 0.1) is 13.8 Å². The minimum absolute atomic E-state index is 0.129. The van der Waals surface area contributed by atoms with Crippen LogP contribution >= 0.6 is 0 Å². The minimum Gasteiger partial charge on any atom is -0.469 e. The Morgan fingerprint density at radius 1 is 1.27 bits per heavy atom. The van der Waals surface area contributed by atoms with Gasteiger partial charge in [-0.3, -0.25) is 0 Å². The Kier molecular flexibility index (Phi) is 4.88. The molecule has 118 valence electrons. The van der Waals surface area contributed by atoms with E-state index in [1.807, 2.05) is 32.0 Å². The number of aliphatic hydroxyl groups is 1. The summed E-state index contributed by atoms with van der Waals surface area (Å²) in [5.74, 6) is 0.682. The largest absolute Gasteiger partial charge is 0.469 e. The second-order valence-electron chi connectivity index (χ2n) is 5.86. The van der Waals surface area contributed by atoms with Gasteiger partial charge in [-0.1, -0.05) is 6.07 Å². The number of urea groups is 1. The fourth-order valence-electron chi connectivity index (χ4n) is 2.12. The molecule has 1 unspecified atom stereocenters. The lowest BCUT2D eigenvalue weighted by molar-refractivity contribution is 0.0577. The highest BCUT2D eigenvalue weighted by atomic mass is 16.3. The van der Waals surface area contributed by atoms with E-state index >= 15 is 0 Å². The van der Waals surface area contributed by atoms with Crippen molar-refractivity contribution in [3.63, 3.8) is 0 Å². The molecule has 2 amide bonds. The van der Waals surface area contributed by atoms with E-state index < -0.39 is 5.60 Å². The number of carbonyl (C=O) groups excluding carboxylic acids is 1. The molecule has 1 aromatic carbocycles. The van der Waals surface area contributed by atoms with Gasteiger partial charge in [-0.05, 0) is 56.2 Å². The Labute approximate surface area is 130 Å². The van der Waals surface area contributed by atoms with Crippen LogP contribution in [0.4, 0.5) is 10.5 Å². The van der Waals surface area contributed by atoms with E-state index in [1.165, 1.54) is 5.56 Å². The summed E-state index contributed by atoms with van der Waals surface area (Å²) in [4.78, 5) is 11.9. The van der Waals surface area contributed by atoms with Crippen LogP contribution in [0.3, 0.4) is 0 Å². The molecule has 1 aromatic heterocycles. The first-order valence-electron chi connectivity index (χ1n) is 7.23. The van der Waals surface area contributed by atoms with Crippen LogP contribution < -0.4 is 10.6 Å². The molecule has 0 bridgehead atoms. The van der Waals surface area contributed by atoms with Crippen molar-refractivity contribution in [3.05, 3.63) is 53.5 Å². The van der Waals surface area contributed by atoms with Crippen LogP contribution in [-0.4, -0.2) is 23.3 Å². The molecule has 0 saturated heterocycles. The molecule has 5 nitrogen and oxygen atoms in total. The molecule has 2 rings (SSSR count). The number of benzene rings is 1. The third-order valence-corrected chi connectivity index (χ3v) is 3.53. The quantitative estimate of drug-likeness (QED) is 0.795. The number of rotatable bonds is 5. The average molecular weight is 302 g/mol. The summed E-state index contributed by atoms with van der Waals surface area (Å²) in [5.41, 5.74) is 1.94. The van der Waals surface area contributed by atoms with Crippen molar-refractivity contribution in [2.24, 2.45) is 0 Å². The van der Waals surface area contributed by atoms with Crippen molar-refractivity contribution >= 4 is 11.7 Å². The van der Waals surface area contributed by atoms with Crippen molar-refractivity contribution in [1.29, 1.82) is 0 Å². The molecule has 0 radical (unpaired) electrons. The van der Waals surface area contributed by atoms with E-state index in [4.69, 9.17) is 4.42 Å². The van der Waals surface area contributed by atoms with Gasteiger partial charge >= 0.3 is 6.03 Å². The number of amides is 2. The van der Waals surface area contributed by atoms with Crippen LogP contribution in [-0.2, 0) is 6.42 Å². The van der Waals surface area contributed by atoms with E-state index in [-0.39, 0.29) is 12.6 Å². The van der Waals surface area contributed by atoms with Crippen molar-refractivity contribution < 1.29 is 14.3 Å². The Hall–Kier alpha value is -2.27. The lowest BCUT2D eigenvalue weighted by Crippen LogP contribution is -2.43. The average Bonchev–Trinajstić information content (AvgIpc) is 2.93. The van der Waals surface area contributed by atoms with Crippen LogP contribution in [0.15, 0.2) is 41.0 Å². The third-order valence-electron chi connectivity index (χ3n) is 3.53. The van der Waals surface area contributed by atoms with Gasteiger partial charge in [0.05, 0.1) is 11.9 Å². The Morgan fingerprint density at radius 3 is 2.68 bits per heavy atom. The first-order valence-corrected chi connectivity index (χ1v) is 7.23. The molecule has 1 atom stereocenters. The molecule has 2 aromatic rings. The summed E-state index contributed by atoms with van der Waals surface area (Å²) in [6.07, 6.45) is 1.90. The minimum atomic E-state index is -1.07. The zero-order valence-corrected chi connectivity index (χ0v) is 13.1. The molecule has 0 saturated carbocycles. The fourth-order valence-corrected chi connectivity index (χ4v) is 2.12. The second kappa shape index (κ2) is 6.66. The van der Waals surface area contributed by atoms with Gasteiger partial charge in [0.1, 0.15) is 5.76 Å². The van der Waals surface area contributed by atoms with Gasteiger partial charge in [0.25, 0.3) is 0 Å². The molecule has 5 heteroatoms. The highest BCUT2D eigenvalue weighted by Gasteiger charge is 2.23. The zero-order valence-electron chi connectivity index (χ0n) is 13.1. The van der Waals surface area contributed by atoms with Crippen molar-refractivity contribution in [2.75, 3.05) is 11.9 Å². The van der Waals surface area contributed by atoms with E-state index in [0.717, 1.165) is 11.3 Å². The molecule has 0 aliphatic heterocycles. The van der Waals surface area contributed by atoms with Crippen molar-refractivity contribution in [3.8, 4) is 0 Å². The second-order valence-corrected chi connectivity index (χ2v) is 5.86. The van der Waals surface area contributed by atoms with Crippen LogP contribution in [0.1, 0.15) is 23.8 Å².